The van der Waals surface area contributed by atoms with Gasteiger partial charge >= 0.3 is 0 Å². The Morgan fingerprint density at radius 3 is 2.80 bits per heavy atom. The SMILES string of the molecule is CCC1(CN2CCCC2CCN)COC1. The summed E-state index contributed by atoms with van der Waals surface area (Å²) in [6.07, 6.45) is 5.11. The van der Waals surface area contributed by atoms with E-state index in [9.17, 15) is 0 Å². The molecule has 2 heterocycles. The molecule has 88 valence electrons. The van der Waals surface area contributed by atoms with Crippen molar-refractivity contribution in [3.05, 3.63) is 0 Å². The predicted molar refractivity (Wildman–Crippen MR) is 61.8 cm³/mol. The molecule has 15 heavy (non-hydrogen) atoms. The van der Waals surface area contributed by atoms with E-state index >= 15 is 0 Å². The lowest BCUT2D eigenvalue weighted by atomic mass is 9.82. The fraction of sp³-hybridized carbons (Fsp3) is 1.00. The first-order chi connectivity index (χ1) is 7.29. The molecule has 3 nitrogen and oxygen atoms in total. The summed E-state index contributed by atoms with van der Waals surface area (Å²) < 4.78 is 5.38. The molecule has 3 heteroatoms. The van der Waals surface area contributed by atoms with Crippen LogP contribution in [0, 0.1) is 5.41 Å². The summed E-state index contributed by atoms with van der Waals surface area (Å²) in [6.45, 7) is 7.55. The van der Waals surface area contributed by atoms with Crippen LogP contribution in [-0.4, -0.2) is 43.8 Å². The van der Waals surface area contributed by atoms with Crippen molar-refractivity contribution in [2.75, 3.05) is 32.8 Å². The van der Waals surface area contributed by atoms with E-state index in [0.29, 0.717) is 5.41 Å². The summed E-state index contributed by atoms with van der Waals surface area (Å²) in [5.41, 5.74) is 6.13. The minimum atomic E-state index is 0.469. The van der Waals surface area contributed by atoms with Crippen LogP contribution in [0.15, 0.2) is 0 Å². The van der Waals surface area contributed by atoms with Crippen molar-refractivity contribution >= 4 is 0 Å². The van der Waals surface area contributed by atoms with Gasteiger partial charge in [0.05, 0.1) is 13.2 Å². The zero-order valence-electron chi connectivity index (χ0n) is 9.87. The Labute approximate surface area is 93.0 Å². The van der Waals surface area contributed by atoms with E-state index < -0.39 is 0 Å². The highest BCUT2D eigenvalue weighted by molar-refractivity contribution is 4.91. The second-order valence-corrected chi connectivity index (χ2v) is 5.19. The first kappa shape index (κ1) is 11.4. The molecule has 1 atom stereocenters. The number of ether oxygens (including phenoxy) is 1. The third kappa shape index (κ3) is 2.35. The van der Waals surface area contributed by atoms with Gasteiger partial charge in [-0.1, -0.05) is 6.92 Å². The van der Waals surface area contributed by atoms with E-state index in [0.717, 1.165) is 25.8 Å². The Hall–Kier alpha value is -0.120. The molecule has 0 aromatic carbocycles. The largest absolute Gasteiger partial charge is 0.380 e. The van der Waals surface area contributed by atoms with Crippen LogP contribution in [0.4, 0.5) is 0 Å². The topological polar surface area (TPSA) is 38.5 Å². The molecule has 2 aliphatic heterocycles. The van der Waals surface area contributed by atoms with Gasteiger partial charge in [0.1, 0.15) is 0 Å². The first-order valence-corrected chi connectivity index (χ1v) is 6.31. The summed E-state index contributed by atoms with van der Waals surface area (Å²) in [4.78, 5) is 2.65. The fourth-order valence-corrected chi connectivity index (χ4v) is 2.85. The Morgan fingerprint density at radius 1 is 1.47 bits per heavy atom. The van der Waals surface area contributed by atoms with E-state index in [4.69, 9.17) is 10.5 Å². The lowest BCUT2D eigenvalue weighted by Gasteiger charge is -2.44. The average molecular weight is 212 g/mol. The highest BCUT2D eigenvalue weighted by Gasteiger charge is 2.40. The van der Waals surface area contributed by atoms with Gasteiger partial charge in [-0.2, -0.15) is 0 Å². The molecule has 0 aromatic heterocycles. The van der Waals surface area contributed by atoms with Crippen molar-refractivity contribution < 1.29 is 4.74 Å². The van der Waals surface area contributed by atoms with Crippen LogP contribution in [0.5, 0.6) is 0 Å². The van der Waals surface area contributed by atoms with Crippen molar-refractivity contribution in [1.82, 2.24) is 4.90 Å². The molecule has 0 aliphatic carbocycles. The maximum Gasteiger partial charge on any atom is 0.0557 e. The van der Waals surface area contributed by atoms with Gasteiger partial charge in [0.2, 0.25) is 0 Å². The van der Waals surface area contributed by atoms with Gasteiger partial charge in [-0.25, -0.2) is 0 Å². The summed E-state index contributed by atoms with van der Waals surface area (Å²) in [7, 11) is 0. The molecule has 0 radical (unpaired) electrons. The number of rotatable bonds is 5. The lowest BCUT2D eigenvalue weighted by molar-refractivity contribution is -0.129. The van der Waals surface area contributed by atoms with Gasteiger partial charge in [0.25, 0.3) is 0 Å². The molecule has 0 saturated carbocycles. The molecular formula is C12H24N2O. The summed E-state index contributed by atoms with van der Waals surface area (Å²) in [6, 6.07) is 0.749. The van der Waals surface area contributed by atoms with Crippen molar-refractivity contribution in [3.63, 3.8) is 0 Å². The molecule has 2 rings (SSSR count). The quantitative estimate of drug-likeness (QED) is 0.745. The van der Waals surface area contributed by atoms with Crippen LogP contribution in [0.25, 0.3) is 0 Å². The van der Waals surface area contributed by atoms with E-state index in [-0.39, 0.29) is 0 Å². The van der Waals surface area contributed by atoms with Gasteiger partial charge in [-0.15, -0.1) is 0 Å². The van der Waals surface area contributed by atoms with Crippen LogP contribution in [0.3, 0.4) is 0 Å². The molecule has 2 aliphatic rings. The molecule has 2 saturated heterocycles. The van der Waals surface area contributed by atoms with Crippen molar-refractivity contribution in [3.8, 4) is 0 Å². The molecule has 0 spiro atoms. The number of hydrogen-bond acceptors (Lipinski definition) is 3. The third-order valence-electron chi connectivity index (χ3n) is 4.10. The van der Waals surface area contributed by atoms with E-state index in [1.165, 1.54) is 38.8 Å². The Kier molecular flexibility index (Phi) is 3.65. The Balaban J connectivity index is 1.87. The normalized spacial score (nSPS) is 30.4. The lowest BCUT2D eigenvalue weighted by Crippen LogP contribution is -2.51. The Bertz CT molecular complexity index is 198. The van der Waals surface area contributed by atoms with Crippen LogP contribution < -0.4 is 5.73 Å². The highest BCUT2D eigenvalue weighted by atomic mass is 16.5. The van der Waals surface area contributed by atoms with Crippen LogP contribution >= 0.6 is 0 Å². The van der Waals surface area contributed by atoms with Crippen molar-refractivity contribution in [1.29, 1.82) is 0 Å². The smallest absolute Gasteiger partial charge is 0.0557 e. The standard InChI is InChI=1S/C12H24N2O/c1-2-12(9-15-10-12)8-14-7-3-4-11(14)5-6-13/h11H,2-10,13H2,1H3. The third-order valence-corrected chi connectivity index (χ3v) is 4.10. The second kappa shape index (κ2) is 4.81. The maximum absolute atomic E-state index is 5.66. The molecule has 1 unspecified atom stereocenters. The maximum atomic E-state index is 5.66. The van der Waals surface area contributed by atoms with Crippen molar-refractivity contribution in [2.24, 2.45) is 11.1 Å². The minimum absolute atomic E-state index is 0.469. The van der Waals surface area contributed by atoms with Gasteiger partial charge in [-0.3, -0.25) is 4.90 Å². The summed E-state index contributed by atoms with van der Waals surface area (Å²) >= 11 is 0. The highest BCUT2D eigenvalue weighted by Crippen LogP contribution is 2.34. The Morgan fingerprint density at radius 2 is 2.27 bits per heavy atom. The van der Waals surface area contributed by atoms with Gasteiger partial charge in [0.15, 0.2) is 0 Å². The molecule has 2 fully saturated rings. The van der Waals surface area contributed by atoms with Gasteiger partial charge in [0, 0.05) is 18.0 Å². The zero-order valence-corrected chi connectivity index (χ0v) is 9.87. The molecular weight excluding hydrogens is 188 g/mol. The van der Waals surface area contributed by atoms with Gasteiger partial charge in [-0.05, 0) is 38.8 Å². The predicted octanol–water partition coefficient (Wildman–Crippen LogP) is 1.23. The molecule has 0 aromatic rings. The summed E-state index contributed by atoms with van der Waals surface area (Å²) in [5, 5.41) is 0. The number of hydrogen-bond donors (Lipinski definition) is 1. The zero-order chi connectivity index (χ0) is 10.7. The van der Waals surface area contributed by atoms with E-state index in [2.05, 4.69) is 11.8 Å². The van der Waals surface area contributed by atoms with Crippen molar-refractivity contribution in [2.45, 2.75) is 38.6 Å². The fourth-order valence-electron chi connectivity index (χ4n) is 2.85. The second-order valence-electron chi connectivity index (χ2n) is 5.19. The van der Waals surface area contributed by atoms with Crippen LogP contribution in [-0.2, 0) is 4.74 Å². The summed E-state index contributed by atoms with van der Waals surface area (Å²) in [5.74, 6) is 0. The van der Waals surface area contributed by atoms with E-state index in [1.807, 2.05) is 0 Å². The van der Waals surface area contributed by atoms with Gasteiger partial charge < -0.3 is 10.5 Å². The molecule has 0 amide bonds. The van der Waals surface area contributed by atoms with Crippen LogP contribution in [0.1, 0.15) is 32.6 Å². The monoisotopic (exact) mass is 212 g/mol. The average Bonchev–Trinajstić information content (AvgIpc) is 2.60. The number of likely N-dealkylation sites (tertiary alicyclic amines) is 1. The number of nitrogens with two attached hydrogens (primary N) is 1. The minimum Gasteiger partial charge on any atom is -0.380 e. The molecule has 0 bridgehead atoms. The number of nitrogens with zero attached hydrogens (tertiary/aromatic N) is 1. The first-order valence-electron chi connectivity index (χ1n) is 6.31. The van der Waals surface area contributed by atoms with Crippen LogP contribution in [0.2, 0.25) is 0 Å². The molecule has 2 N–H and O–H groups in total. The van der Waals surface area contributed by atoms with E-state index in [1.54, 1.807) is 0 Å².